The first-order valence-electron chi connectivity index (χ1n) is 19.1. The number of aryl methyl sites for hydroxylation is 1. The molecule has 13 nitrogen and oxygen atoms in total. The van der Waals surface area contributed by atoms with Crippen molar-refractivity contribution < 1.29 is 48.6 Å². The second-order valence-corrected chi connectivity index (χ2v) is 14.0. The van der Waals surface area contributed by atoms with Crippen molar-refractivity contribution in [2.24, 2.45) is 22.9 Å². The maximum Gasteiger partial charge on any atom is 0.410 e. The zero-order chi connectivity index (χ0) is 38.5. The molecule has 54 heavy (non-hydrogen) atoms. The van der Waals surface area contributed by atoms with E-state index in [1.54, 1.807) is 11.0 Å². The van der Waals surface area contributed by atoms with Crippen LogP contribution >= 0.6 is 0 Å². The molecule has 1 aromatic carbocycles. The van der Waals surface area contributed by atoms with Gasteiger partial charge in [-0.1, -0.05) is 36.2 Å². The highest BCUT2D eigenvalue weighted by Gasteiger charge is 2.65. The predicted octanol–water partition coefficient (Wildman–Crippen LogP) is 5.31. The molecular weight excluding hydrogens is 694 g/mol. The van der Waals surface area contributed by atoms with Gasteiger partial charge in [0.1, 0.15) is 31.3 Å². The Morgan fingerprint density at radius 3 is 2.57 bits per heavy atom. The first-order valence-corrected chi connectivity index (χ1v) is 19.1. The Balaban J connectivity index is 1.71. The Bertz CT molecular complexity index is 1600. The topological polar surface area (TPSA) is 162 Å². The van der Waals surface area contributed by atoms with Crippen LogP contribution in [0, 0.1) is 24.7 Å². The molecule has 1 aliphatic heterocycles. The average molecular weight is 752 g/mol. The van der Waals surface area contributed by atoms with Gasteiger partial charge in [0, 0.05) is 43.4 Å². The van der Waals surface area contributed by atoms with E-state index in [1.807, 2.05) is 37.3 Å². The normalized spacial score (nSPS) is 24.8. The number of carbonyl (C=O) groups excluding carboxylic acids is 1. The number of pyridine rings is 1. The number of amides is 1. The van der Waals surface area contributed by atoms with Crippen molar-refractivity contribution in [1.29, 1.82) is 0 Å². The van der Waals surface area contributed by atoms with E-state index in [4.69, 9.17) is 28.5 Å². The lowest BCUT2D eigenvalue weighted by Crippen LogP contribution is -2.70. The van der Waals surface area contributed by atoms with Crippen LogP contribution in [0.1, 0.15) is 67.8 Å². The summed E-state index contributed by atoms with van der Waals surface area (Å²) in [7, 11) is 2.84. The highest BCUT2D eigenvalue weighted by Crippen LogP contribution is 2.62. The molecule has 13 heteroatoms. The standard InChI is InChI=1S/C41H57N3O10/c1-5-21-53-41-37(44(40(48)49-3)17-22-51-23-20-47)26-35(43-50-4)33-24-29(12-6-8-18-45)32(14-7-9-19-46)38(39(33)41)34-25-31(15-16-36(34)54-41)52-27-30-13-10-11-28(2)42-30/h5,10-11,13,15-16,24-25,29,32,37-39,45-47H,1,6-9,12,14,17-23,26-27H2,2-4H3/t29-,32+,37-,38+,39+,41+/m0/s1. The first-order chi connectivity index (χ1) is 26.3. The fourth-order valence-corrected chi connectivity index (χ4v) is 8.51. The van der Waals surface area contributed by atoms with Gasteiger partial charge < -0.3 is 43.8 Å². The lowest BCUT2D eigenvalue weighted by atomic mass is 9.55. The predicted molar refractivity (Wildman–Crippen MR) is 202 cm³/mol. The average Bonchev–Trinajstić information content (AvgIpc) is 3.18. The molecule has 0 spiro atoms. The smallest absolute Gasteiger partial charge is 0.410 e. The Morgan fingerprint density at radius 1 is 1.07 bits per heavy atom. The minimum absolute atomic E-state index is 0.0639. The molecule has 2 aromatic rings. The molecule has 3 aliphatic rings. The van der Waals surface area contributed by atoms with E-state index in [0.717, 1.165) is 48.2 Å². The van der Waals surface area contributed by atoms with Crippen molar-refractivity contribution in [3.63, 3.8) is 0 Å². The molecular formula is C41H57N3O10. The van der Waals surface area contributed by atoms with Gasteiger partial charge in [-0.3, -0.25) is 9.88 Å². The number of nitrogens with zero attached hydrogens (tertiary/aromatic N) is 3. The SMILES string of the molecule is C=CCO[C@@]12Oc3ccc(OCc4cccc(C)n4)cc3[C@H]3[C@H](CCCCO)[C@@H](CCCCO)C=C(C(=NOC)C[C@@H]1N(CCOCCO)C(=O)OC)[C@H]32. The number of methoxy groups -OCH3 is 1. The quantitative estimate of drug-likeness (QED) is 0.0862. The molecule has 0 bridgehead atoms. The van der Waals surface area contributed by atoms with Crippen LogP contribution in [-0.4, -0.2) is 109 Å². The minimum Gasteiger partial charge on any atom is -0.487 e. The van der Waals surface area contributed by atoms with Crippen LogP contribution in [0.5, 0.6) is 11.5 Å². The number of aliphatic hydroxyl groups is 3. The molecule has 0 saturated heterocycles. The van der Waals surface area contributed by atoms with Gasteiger partial charge in [0.25, 0.3) is 0 Å². The van der Waals surface area contributed by atoms with Crippen molar-refractivity contribution in [3.05, 3.63) is 77.7 Å². The molecule has 3 N–H and O–H groups in total. The van der Waals surface area contributed by atoms with Crippen molar-refractivity contribution in [3.8, 4) is 11.5 Å². The summed E-state index contributed by atoms with van der Waals surface area (Å²) in [5.74, 6) is -0.654. The van der Waals surface area contributed by atoms with E-state index in [9.17, 15) is 20.1 Å². The number of aromatic nitrogens is 1. The minimum atomic E-state index is -1.42. The molecule has 1 amide bonds. The molecule has 296 valence electrons. The largest absolute Gasteiger partial charge is 0.487 e. The van der Waals surface area contributed by atoms with Crippen molar-refractivity contribution >= 4 is 11.8 Å². The van der Waals surface area contributed by atoms with E-state index >= 15 is 0 Å². The van der Waals surface area contributed by atoms with Gasteiger partial charge >= 0.3 is 6.09 Å². The summed E-state index contributed by atoms with van der Waals surface area (Å²) in [4.78, 5) is 25.4. The van der Waals surface area contributed by atoms with Crippen LogP contribution in [-0.2, 0) is 25.7 Å². The third-order valence-electron chi connectivity index (χ3n) is 10.7. The van der Waals surface area contributed by atoms with Gasteiger partial charge in [0.2, 0.25) is 5.79 Å². The molecule has 1 aromatic heterocycles. The number of aliphatic hydroxyl groups excluding tert-OH is 3. The lowest BCUT2D eigenvalue weighted by Gasteiger charge is -2.59. The molecule has 2 aliphatic carbocycles. The third kappa shape index (κ3) is 9.26. The van der Waals surface area contributed by atoms with E-state index in [0.29, 0.717) is 30.1 Å². The van der Waals surface area contributed by atoms with Gasteiger partial charge in [-0.2, -0.15) is 0 Å². The number of unbranched alkanes of at least 4 members (excludes halogenated alkanes) is 2. The van der Waals surface area contributed by atoms with Crippen LogP contribution < -0.4 is 9.47 Å². The second-order valence-electron chi connectivity index (χ2n) is 14.0. The van der Waals surface area contributed by atoms with Crippen LogP contribution in [0.3, 0.4) is 0 Å². The first kappa shape index (κ1) is 41.2. The van der Waals surface area contributed by atoms with Crippen molar-refractivity contribution in [2.45, 2.75) is 76.2 Å². The Kier molecular flexibility index (Phi) is 15.3. The molecule has 1 fully saturated rings. The van der Waals surface area contributed by atoms with Crippen LogP contribution in [0.2, 0.25) is 0 Å². The summed E-state index contributed by atoms with van der Waals surface area (Å²) in [5, 5.41) is 33.5. The van der Waals surface area contributed by atoms with Crippen LogP contribution in [0.4, 0.5) is 4.79 Å². The number of hydrogen-bond acceptors (Lipinski definition) is 12. The summed E-state index contributed by atoms with van der Waals surface area (Å²) in [6.07, 6.45) is 8.21. The zero-order valence-electron chi connectivity index (χ0n) is 31.9. The van der Waals surface area contributed by atoms with E-state index in [-0.39, 0.29) is 77.0 Å². The summed E-state index contributed by atoms with van der Waals surface area (Å²) in [5.41, 5.74) is 4.28. The van der Waals surface area contributed by atoms with E-state index in [2.05, 4.69) is 28.9 Å². The summed E-state index contributed by atoms with van der Waals surface area (Å²) in [6.45, 7) is 6.77. The van der Waals surface area contributed by atoms with Gasteiger partial charge in [0.05, 0.1) is 50.9 Å². The summed E-state index contributed by atoms with van der Waals surface area (Å²) < 4.78 is 31.4. The molecule has 5 rings (SSSR count). The van der Waals surface area contributed by atoms with Crippen molar-refractivity contribution in [2.75, 3.05) is 60.4 Å². The Hall–Kier alpha value is -4.01. The number of fused-ring (bicyclic) bond motifs is 2. The summed E-state index contributed by atoms with van der Waals surface area (Å²) >= 11 is 0. The molecule has 2 heterocycles. The van der Waals surface area contributed by atoms with Gasteiger partial charge in [-0.25, -0.2) is 4.79 Å². The second kappa shape index (κ2) is 20.1. The van der Waals surface area contributed by atoms with Crippen molar-refractivity contribution in [1.82, 2.24) is 9.88 Å². The van der Waals surface area contributed by atoms with E-state index in [1.165, 1.54) is 14.2 Å². The van der Waals surface area contributed by atoms with E-state index < -0.39 is 23.8 Å². The molecule has 0 unspecified atom stereocenters. The number of carbonyl (C=O) groups is 1. The molecule has 1 saturated carbocycles. The third-order valence-corrected chi connectivity index (χ3v) is 10.7. The van der Waals surface area contributed by atoms with Crippen LogP contribution in [0.15, 0.2) is 65.9 Å². The number of hydrogen-bond donors (Lipinski definition) is 3. The monoisotopic (exact) mass is 751 g/mol. The lowest BCUT2D eigenvalue weighted by molar-refractivity contribution is -0.255. The van der Waals surface area contributed by atoms with Gasteiger partial charge in [-0.05, 0) is 80.3 Å². The maximum atomic E-state index is 13.7. The maximum absolute atomic E-state index is 13.7. The fourth-order valence-electron chi connectivity index (χ4n) is 8.51. The zero-order valence-corrected chi connectivity index (χ0v) is 31.9. The number of ether oxygens (including phenoxy) is 5. The number of allylic oxidation sites excluding steroid dienone is 1. The highest BCUT2D eigenvalue weighted by atomic mass is 16.7. The Labute approximate surface area is 318 Å². The number of oxime groups is 1. The number of rotatable bonds is 21. The van der Waals surface area contributed by atoms with Gasteiger partial charge in [0.15, 0.2) is 0 Å². The molecule has 6 atom stereocenters. The fraction of sp³-hybridized carbons (Fsp3) is 0.585. The summed E-state index contributed by atoms with van der Waals surface area (Å²) in [6, 6.07) is 10.9. The van der Waals surface area contributed by atoms with Gasteiger partial charge in [-0.15, -0.1) is 6.58 Å². The Morgan fingerprint density at radius 2 is 1.87 bits per heavy atom. The molecule has 0 radical (unpaired) electrons. The van der Waals surface area contributed by atoms with Crippen LogP contribution in [0.25, 0.3) is 0 Å². The number of benzene rings is 1. The highest BCUT2D eigenvalue weighted by molar-refractivity contribution is 6.02.